The summed E-state index contributed by atoms with van der Waals surface area (Å²) in [6, 6.07) is 5.80. The number of carbonyl (C=O) groups excluding carboxylic acids is 1. The molecule has 4 rings (SSSR count). The maximum absolute atomic E-state index is 12.6. The van der Waals surface area contributed by atoms with Crippen molar-refractivity contribution in [2.45, 2.75) is 13.0 Å². The highest BCUT2D eigenvalue weighted by atomic mass is 32.1. The molecule has 0 unspecified atom stereocenters. The molecule has 2 N–H and O–H groups in total. The standard InChI is InChI=1S/C15H14N4O2S/c20-15(13-12(4-8-22-13)19-5-1-2-6-19)16-14-10-9-21-7-3-11(10)17-18-14/h1-2,4-6,8H,3,7,9H2,(H2,16,17,18,20). The molecule has 0 saturated carbocycles. The first-order valence-electron chi connectivity index (χ1n) is 6.99. The number of rotatable bonds is 3. The van der Waals surface area contributed by atoms with Crippen molar-refractivity contribution in [1.82, 2.24) is 14.8 Å². The maximum atomic E-state index is 12.6. The van der Waals surface area contributed by atoms with Crippen molar-refractivity contribution in [2.24, 2.45) is 0 Å². The number of aromatic amines is 1. The number of carbonyl (C=O) groups is 1. The largest absolute Gasteiger partial charge is 0.376 e. The van der Waals surface area contributed by atoms with Gasteiger partial charge in [-0.1, -0.05) is 0 Å². The number of aromatic nitrogens is 3. The second-order valence-corrected chi connectivity index (χ2v) is 5.93. The summed E-state index contributed by atoms with van der Waals surface area (Å²) in [5.74, 6) is 0.408. The smallest absolute Gasteiger partial charge is 0.269 e. The van der Waals surface area contributed by atoms with Gasteiger partial charge in [0.05, 0.1) is 18.9 Å². The van der Waals surface area contributed by atoms with Crippen LogP contribution in [0.1, 0.15) is 20.9 Å². The Morgan fingerprint density at radius 3 is 3.14 bits per heavy atom. The van der Waals surface area contributed by atoms with E-state index in [2.05, 4.69) is 15.5 Å². The van der Waals surface area contributed by atoms with E-state index in [0.29, 0.717) is 23.9 Å². The topological polar surface area (TPSA) is 71.9 Å². The molecule has 0 spiro atoms. The van der Waals surface area contributed by atoms with E-state index in [4.69, 9.17) is 4.74 Å². The number of H-pyrrole nitrogens is 1. The first-order chi connectivity index (χ1) is 10.8. The molecule has 0 aliphatic carbocycles. The Balaban J connectivity index is 1.61. The molecule has 0 saturated heterocycles. The van der Waals surface area contributed by atoms with E-state index < -0.39 is 0 Å². The lowest BCUT2D eigenvalue weighted by molar-refractivity contribution is 0.102. The number of amides is 1. The van der Waals surface area contributed by atoms with E-state index in [1.807, 2.05) is 40.5 Å². The third kappa shape index (κ3) is 2.24. The molecule has 6 nitrogen and oxygen atoms in total. The van der Waals surface area contributed by atoms with Crippen LogP contribution >= 0.6 is 11.3 Å². The minimum Gasteiger partial charge on any atom is -0.376 e. The fourth-order valence-electron chi connectivity index (χ4n) is 2.55. The van der Waals surface area contributed by atoms with Crippen LogP contribution in [0.3, 0.4) is 0 Å². The van der Waals surface area contributed by atoms with Crippen LogP contribution < -0.4 is 5.32 Å². The summed E-state index contributed by atoms with van der Waals surface area (Å²) >= 11 is 1.41. The molecule has 0 radical (unpaired) electrons. The minimum absolute atomic E-state index is 0.154. The maximum Gasteiger partial charge on any atom is 0.269 e. The highest BCUT2D eigenvalue weighted by Crippen LogP contribution is 2.25. The number of hydrogen-bond acceptors (Lipinski definition) is 4. The number of nitrogens with zero attached hydrogens (tertiary/aromatic N) is 2. The molecule has 1 aliphatic rings. The van der Waals surface area contributed by atoms with Gasteiger partial charge in [0, 0.05) is 30.1 Å². The second kappa shape index (κ2) is 5.43. The lowest BCUT2D eigenvalue weighted by Gasteiger charge is -2.12. The summed E-state index contributed by atoms with van der Waals surface area (Å²) in [6.45, 7) is 1.17. The molecule has 3 aromatic rings. The van der Waals surface area contributed by atoms with Gasteiger partial charge in [-0.15, -0.1) is 11.3 Å². The van der Waals surface area contributed by atoms with E-state index >= 15 is 0 Å². The molecule has 112 valence electrons. The first-order valence-corrected chi connectivity index (χ1v) is 7.87. The molecule has 0 atom stereocenters. The van der Waals surface area contributed by atoms with Gasteiger partial charge in [-0.05, 0) is 23.6 Å². The van der Waals surface area contributed by atoms with Crippen LogP contribution in [0.4, 0.5) is 5.82 Å². The van der Waals surface area contributed by atoms with E-state index in [-0.39, 0.29) is 5.91 Å². The van der Waals surface area contributed by atoms with Crippen LogP contribution in [0.5, 0.6) is 0 Å². The molecule has 4 heterocycles. The zero-order chi connectivity index (χ0) is 14.9. The average Bonchev–Trinajstić information content (AvgIpc) is 3.27. The molecule has 0 bridgehead atoms. The Hall–Kier alpha value is -2.38. The fraction of sp³-hybridized carbons (Fsp3) is 0.200. The monoisotopic (exact) mass is 314 g/mol. The lowest BCUT2D eigenvalue weighted by atomic mass is 10.1. The van der Waals surface area contributed by atoms with Crippen LogP contribution in [0, 0.1) is 0 Å². The SMILES string of the molecule is O=C(Nc1n[nH]c2c1COCC2)c1sccc1-n1cccc1. The van der Waals surface area contributed by atoms with Crippen LogP contribution in [0.15, 0.2) is 36.0 Å². The van der Waals surface area contributed by atoms with Gasteiger partial charge in [0.2, 0.25) is 0 Å². The van der Waals surface area contributed by atoms with Crippen LogP contribution in [0.2, 0.25) is 0 Å². The van der Waals surface area contributed by atoms with Gasteiger partial charge in [-0.25, -0.2) is 0 Å². The van der Waals surface area contributed by atoms with Crippen molar-refractivity contribution in [2.75, 3.05) is 11.9 Å². The van der Waals surface area contributed by atoms with Gasteiger partial charge in [0.1, 0.15) is 4.88 Å². The summed E-state index contributed by atoms with van der Waals surface area (Å²) in [5.41, 5.74) is 2.85. The molecule has 0 aromatic carbocycles. The molecule has 1 aliphatic heterocycles. The Labute approximate surface area is 130 Å². The summed E-state index contributed by atoms with van der Waals surface area (Å²) in [7, 11) is 0. The third-order valence-electron chi connectivity index (χ3n) is 3.66. The van der Waals surface area contributed by atoms with Crippen LogP contribution in [-0.4, -0.2) is 27.3 Å². The average molecular weight is 314 g/mol. The highest BCUT2D eigenvalue weighted by Gasteiger charge is 2.21. The Morgan fingerprint density at radius 2 is 2.27 bits per heavy atom. The van der Waals surface area contributed by atoms with Gasteiger partial charge in [0.25, 0.3) is 5.91 Å². The molecular weight excluding hydrogens is 300 g/mol. The van der Waals surface area contributed by atoms with Gasteiger partial charge in [-0.3, -0.25) is 9.89 Å². The zero-order valence-corrected chi connectivity index (χ0v) is 12.5. The lowest BCUT2D eigenvalue weighted by Crippen LogP contribution is -2.15. The van der Waals surface area contributed by atoms with Crippen molar-refractivity contribution in [3.63, 3.8) is 0 Å². The van der Waals surface area contributed by atoms with E-state index in [1.165, 1.54) is 11.3 Å². The molecule has 1 amide bonds. The predicted octanol–water partition coefficient (Wildman–Crippen LogP) is 2.59. The van der Waals surface area contributed by atoms with E-state index in [0.717, 1.165) is 23.4 Å². The van der Waals surface area contributed by atoms with Crippen molar-refractivity contribution >= 4 is 23.1 Å². The third-order valence-corrected chi connectivity index (χ3v) is 4.56. The number of anilines is 1. The van der Waals surface area contributed by atoms with E-state index in [1.54, 1.807) is 0 Å². The number of ether oxygens (including phenoxy) is 1. The molecule has 0 fully saturated rings. The summed E-state index contributed by atoms with van der Waals surface area (Å²) in [6.07, 6.45) is 4.64. The predicted molar refractivity (Wildman–Crippen MR) is 83.5 cm³/mol. The van der Waals surface area contributed by atoms with Gasteiger partial charge in [-0.2, -0.15) is 5.10 Å². The van der Waals surface area contributed by atoms with Crippen molar-refractivity contribution in [3.8, 4) is 5.69 Å². The molecule has 22 heavy (non-hydrogen) atoms. The Bertz CT molecular complexity index is 803. The quantitative estimate of drug-likeness (QED) is 0.780. The van der Waals surface area contributed by atoms with Gasteiger partial charge < -0.3 is 14.6 Å². The van der Waals surface area contributed by atoms with Gasteiger partial charge in [0.15, 0.2) is 5.82 Å². The van der Waals surface area contributed by atoms with Crippen molar-refractivity contribution in [3.05, 3.63) is 52.1 Å². The number of thiophene rings is 1. The molecular formula is C15H14N4O2S. The van der Waals surface area contributed by atoms with Crippen LogP contribution in [0.25, 0.3) is 5.69 Å². The van der Waals surface area contributed by atoms with Gasteiger partial charge >= 0.3 is 0 Å². The first kappa shape index (κ1) is 13.3. The highest BCUT2D eigenvalue weighted by molar-refractivity contribution is 7.12. The zero-order valence-electron chi connectivity index (χ0n) is 11.7. The molecule has 7 heteroatoms. The van der Waals surface area contributed by atoms with Crippen LogP contribution in [-0.2, 0) is 17.8 Å². The van der Waals surface area contributed by atoms with E-state index in [9.17, 15) is 4.79 Å². The number of hydrogen-bond donors (Lipinski definition) is 2. The minimum atomic E-state index is -0.154. The molecule has 3 aromatic heterocycles. The Morgan fingerprint density at radius 1 is 1.41 bits per heavy atom. The van der Waals surface area contributed by atoms with Crippen molar-refractivity contribution in [1.29, 1.82) is 0 Å². The summed E-state index contributed by atoms with van der Waals surface area (Å²) < 4.78 is 7.36. The number of fused-ring (bicyclic) bond motifs is 1. The summed E-state index contributed by atoms with van der Waals surface area (Å²) in [5, 5.41) is 12.0. The normalized spacial score (nSPS) is 13.8. The van der Waals surface area contributed by atoms with Crippen molar-refractivity contribution < 1.29 is 9.53 Å². The second-order valence-electron chi connectivity index (χ2n) is 5.01. The summed E-state index contributed by atoms with van der Waals surface area (Å²) in [4.78, 5) is 13.2. The fourth-order valence-corrected chi connectivity index (χ4v) is 3.34. The number of nitrogens with one attached hydrogen (secondary N) is 2. The Kier molecular flexibility index (Phi) is 3.28.